The van der Waals surface area contributed by atoms with Gasteiger partial charge in [0.2, 0.25) is 5.91 Å². The van der Waals surface area contributed by atoms with Crippen molar-refractivity contribution >= 4 is 5.91 Å². The smallest absolute Gasteiger partial charge is 0.222 e. The Kier molecular flexibility index (Phi) is 5.57. The predicted octanol–water partition coefficient (Wildman–Crippen LogP) is 2.45. The molecule has 1 aromatic carbocycles. The van der Waals surface area contributed by atoms with Gasteiger partial charge in [-0.3, -0.25) is 9.69 Å². The third-order valence-electron chi connectivity index (χ3n) is 5.75. The average Bonchev–Trinajstić information content (AvgIpc) is 2.59. The van der Waals surface area contributed by atoms with Gasteiger partial charge in [-0.2, -0.15) is 0 Å². The van der Waals surface area contributed by atoms with Crippen LogP contribution in [0, 0.1) is 5.41 Å². The number of aliphatic hydroxyl groups excluding tert-OH is 1. The molecule has 1 atom stereocenters. The lowest BCUT2D eigenvalue weighted by Crippen LogP contribution is -2.54. The summed E-state index contributed by atoms with van der Waals surface area (Å²) in [5.74, 6) is 0.211. The fraction of sp³-hybridized carbons (Fsp3) is 0.650. The number of carbonyl (C=O) groups excluding carboxylic acids is 1. The molecule has 1 N–H and O–H groups in total. The van der Waals surface area contributed by atoms with Gasteiger partial charge < -0.3 is 10.0 Å². The Balaban J connectivity index is 1.68. The minimum atomic E-state index is 0.0649. The van der Waals surface area contributed by atoms with Crippen LogP contribution < -0.4 is 0 Å². The highest BCUT2D eigenvalue weighted by atomic mass is 16.3. The Labute approximate surface area is 145 Å². The molecule has 24 heavy (non-hydrogen) atoms. The molecule has 4 heteroatoms. The van der Waals surface area contributed by atoms with Crippen molar-refractivity contribution in [2.45, 2.75) is 45.6 Å². The lowest BCUT2D eigenvalue weighted by Gasteiger charge is -2.48. The molecule has 1 spiro atoms. The number of benzene rings is 1. The van der Waals surface area contributed by atoms with Crippen LogP contribution in [-0.4, -0.2) is 53.6 Å². The Morgan fingerprint density at radius 3 is 2.71 bits per heavy atom. The van der Waals surface area contributed by atoms with E-state index in [1.165, 1.54) is 24.0 Å². The molecule has 0 saturated carbocycles. The number of hydrogen-bond acceptors (Lipinski definition) is 3. The molecule has 132 valence electrons. The number of β-amino-alcohol motifs (C(OH)–C–C–N with tert-alkyl or cyclic N) is 1. The fourth-order valence-corrected chi connectivity index (χ4v) is 4.50. The zero-order valence-electron chi connectivity index (χ0n) is 14.8. The summed E-state index contributed by atoms with van der Waals surface area (Å²) in [6, 6.07) is 8.75. The van der Waals surface area contributed by atoms with Crippen molar-refractivity contribution in [3.05, 3.63) is 35.4 Å². The molecule has 0 aliphatic carbocycles. The number of carbonyl (C=O) groups is 1. The van der Waals surface area contributed by atoms with Crippen LogP contribution in [0.1, 0.15) is 43.7 Å². The Hall–Kier alpha value is -1.39. The fourth-order valence-electron chi connectivity index (χ4n) is 4.50. The highest BCUT2D eigenvalue weighted by Gasteiger charge is 2.41. The SMILES string of the molecule is CCc1ccccc1CN1CCCC2(CCC(=O)N(CCO)C2)C1. The maximum absolute atomic E-state index is 12.1. The first kappa shape index (κ1) is 17.4. The van der Waals surface area contributed by atoms with E-state index in [1.54, 1.807) is 0 Å². The number of hydrogen-bond donors (Lipinski definition) is 1. The van der Waals surface area contributed by atoms with E-state index in [-0.39, 0.29) is 17.9 Å². The number of aliphatic hydroxyl groups is 1. The maximum atomic E-state index is 12.1. The normalized spacial score (nSPS) is 25.4. The van der Waals surface area contributed by atoms with Gasteiger partial charge in [0.15, 0.2) is 0 Å². The number of aryl methyl sites for hydroxylation is 1. The van der Waals surface area contributed by atoms with E-state index in [4.69, 9.17) is 0 Å². The molecule has 1 amide bonds. The number of nitrogens with zero attached hydrogens (tertiary/aromatic N) is 2. The van der Waals surface area contributed by atoms with Crippen molar-refractivity contribution in [3.63, 3.8) is 0 Å². The predicted molar refractivity (Wildman–Crippen MR) is 95.7 cm³/mol. The van der Waals surface area contributed by atoms with Crippen LogP contribution in [-0.2, 0) is 17.8 Å². The van der Waals surface area contributed by atoms with Crippen molar-refractivity contribution in [1.29, 1.82) is 0 Å². The summed E-state index contributed by atoms with van der Waals surface area (Å²) in [5, 5.41) is 9.22. The molecular formula is C20H30N2O2. The molecule has 2 aliphatic rings. The van der Waals surface area contributed by atoms with E-state index in [0.29, 0.717) is 13.0 Å². The zero-order chi connectivity index (χ0) is 17.0. The number of likely N-dealkylation sites (tertiary alicyclic amines) is 2. The first-order valence-corrected chi connectivity index (χ1v) is 9.33. The summed E-state index contributed by atoms with van der Waals surface area (Å²) < 4.78 is 0. The number of amides is 1. The average molecular weight is 330 g/mol. The van der Waals surface area contributed by atoms with Gasteiger partial charge in [-0.1, -0.05) is 31.2 Å². The molecule has 4 nitrogen and oxygen atoms in total. The van der Waals surface area contributed by atoms with E-state index in [1.807, 2.05) is 4.90 Å². The van der Waals surface area contributed by atoms with Crippen LogP contribution in [0.5, 0.6) is 0 Å². The summed E-state index contributed by atoms with van der Waals surface area (Å²) in [6.07, 6.45) is 5.12. The van der Waals surface area contributed by atoms with Crippen molar-refractivity contribution < 1.29 is 9.90 Å². The standard InChI is InChI=1S/C20H30N2O2/c1-2-17-6-3-4-7-18(17)14-21-11-5-9-20(15-21)10-8-19(24)22(16-20)12-13-23/h3-4,6-7,23H,2,5,8-16H2,1H3. The maximum Gasteiger partial charge on any atom is 0.222 e. The van der Waals surface area contributed by atoms with Crippen molar-refractivity contribution in [1.82, 2.24) is 9.80 Å². The van der Waals surface area contributed by atoms with Gasteiger partial charge in [0, 0.05) is 38.0 Å². The largest absolute Gasteiger partial charge is 0.395 e. The van der Waals surface area contributed by atoms with Gasteiger partial charge in [-0.05, 0) is 43.4 Å². The highest BCUT2D eigenvalue weighted by molar-refractivity contribution is 5.77. The van der Waals surface area contributed by atoms with Gasteiger partial charge >= 0.3 is 0 Å². The minimum absolute atomic E-state index is 0.0649. The third-order valence-corrected chi connectivity index (χ3v) is 5.75. The third kappa shape index (κ3) is 3.81. The summed E-state index contributed by atoms with van der Waals surface area (Å²) in [7, 11) is 0. The molecular weight excluding hydrogens is 300 g/mol. The highest BCUT2D eigenvalue weighted by Crippen LogP contribution is 2.39. The second-order valence-electron chi connectivity index (χ2n) is 7.48. The van der Waals surface area contributed by atoms with Crippen molar-refractivity contribution in [3.8, 4) is 0 Å². The zero-order valence-corrected chi connectivity index (χ0v) is 14.8. The summed E-state index contributed by atoms with van der Waals surface area (Å²) >= 11 is 0. The van der Waals surface area contributed by atoms with Gasteiger partial charge in [0.1, 0.15) is 0 Å². The molecule has 2 heterocycles. The minimum Gasteiger partial charge on any atom is -0.395 e. The van der Waals surface area contributed by atoms with E-state index >= 15 is 0 Å². The Morgan fingerprint density at radius 2 is 1.96 bits per heavy atom. The van der Waals surface area contributed by atoms with Gasteiger partial charge in [0.05, 0.1) is 6.61 Å². The molecule has 2 aliphatic heterocycles. The lowest BCUT2D eigenvalue weighted by atomic mass is 9.73. The first-order chi connectivity index (χ1) is 11.7. The summed E-state index contributed by atoms with van der Waals surface area (Å²) in [5.41, 5.74) is 3.11. The lowest BCUT2D eigenvalue weighted by molar-refractivity contribution is -0.140. The Bertz CT molecular complexity index is 575. The van der Waals surface area contributed by atoms with Crippen LogP contribution in [0.3, 0.4) is 0 Å². The summed E-state index contributed by atoms with van der Waals surface area (Å²) in [6.45, 7) is 6.82. The molecule has 3 rings (SSSR count). The number of rotatable bonds is 5. The van der Waals surface area contributed by atoms with E-state index < -0.39 is 0 Å². The van der Waals surface area contributed by atoms with Gasteiger partial charge in [-0.25, -0.2) is 0 Å². The van der Waals surface area contributed by atoms with Crippen LogP contribution in [0.15, 0.2) is 24.3 Å². The molecule has 2 saturated heterocycles. The molecule has 0 aromatic heterocycles. The second-order valence-corrected chi connectivity index (χ2v) is 7.48. The first-order valence-electron chi connectivity index (χ1n) is 9.33. The quantitative estimate of drug-likeness (QED) is 0.902. The van der Waals surface area contributed by atoms with Crippen molar-refractivity contribution in [2.75, 3.05) is 32.8 Å². The molecule has 0 radical (unpaired) electrons. The van der Waals surface area contributed by atoms with Crippen LogP contribution in [0.4, 0.5) is 0 Å². The summed E-state index contributed by atoms with van der Waals surface area (Å²) in [4.78, 5) is 16.5. The number of piperidine rings is 2. The van der Waals surface area contributed by atoms with Gasteiger partial charge in [-0.15, -0.1) is 0 Å². The van der Waals surface area contributed by atoms with E-state index in [9.17, 15) is 9.90 Å². The topological polar surface area (TPSA) is 43.8 Å². The van der Waals surface area contributed by atoms with Crippen LogP contribution in [0.25, 0.3) is 0 Å². The monoisotopic (exact) mass is 330 g/mol. The van der Waals surface area contributed by atoms with Crippen LogP contribution in [0.2, 0.25) is 0 Å². The molecule has 1 unspecified atom stereocenters. The molecule has 1 aromatic rings. The Morgan fingerprint density at radius 1 is 1.17 bits per heavy atom. The van der Waals surface area contributed by atoms with E-state index in [0.717, 1.165) is 39.0 Å². The second kappa shape index (κ2) is 7.66. The molecule has 0 bridgehead atoms. The van der Waals surface area contributed by atoms with Gasteiger partial charge in [0.25, 0.3) is 0 Å². The van der Waals surface area contributed by atoms with Crippen LogP contribution >= 0.6 is 0 Å². The van der Waals surface area contributed by atoms with E-state index in [2.05, 4.69) is 36.1 Å². The van der Waals surface area contributed by atoms with Crippen molar-refractivity contribution in [2.24, 2.45) is 5.41 Å². The molecule has 2 fully saturated rings.